The highest BCUT2D eigenvalue weighted by atomic mass is 19.4. The first-order chi connectivity index (χ1) is 12.1. The van der Waals surface area contributed by atoms with Gasteiger partial charge in [0.2, 0.25) is 0 Å². The van der Waals surface area contributed by atoms with Crippen LogP contribution in [0.25, 0.3) is 0 Å². The number of nitrogens with one attached hydrogen (secondary N) is 1. The molecule has 9 nitrogen and oxygen atoms in total. The number of aliphatic hydroxyl groups is 2. The number of carbonyl (C=O) groups is 1. The van der Waals surface area contributed by atoms with Crippen molar-refractivity contribution >= 4 is 11.7 Å². The van der Waals surface area contributed by atoms with E-state index < -0.39 is 49.4 Å². The van der Waals surface area contributed by atoms with Crippen LogP contribution < -0.4 is 16.7 Å². The van der Waals surface area contributed by atoms with Crippen molar-refractivity contribution in [1.29, 1.82) is 0 Å². The Kier molecular flexibility index (Phi) is 5.86. The van der Waals surface area contributed by atoms with Gasteiger partial charge >= 0.3 is 17.8 Å². The number of amides is 1. The van der Waals surface area contributed by atoms with E-state index in [9.17, 15) is 27.9 Å². The predicted octanol–water partition coefficient (Wildman–Crippen LogP) is -1.50. The molecule has 1 aliphatic rings. The predicted molar refractivity (Wildman–Crippen MR) is 80.5 cm³/mol. The summed E-state index contributed by atoms with van der Waals surface area (Å²) in [5, 5.41) is 20.4. The lowest BCUT2D eigenvalue weighted by Crippen LogP contribution is -2.36. The Hall–Kier alpha value is -2.62. The summed E-state index contributed by atoms with van der Waals surface area (Å²) in [6, 6.07) is 0. The molecular formula is C14H15F3N4O5. The Bertz CT molecular complexity index is 798. The van der Waals surface area contributed by atoms with E-state index in [2.05, 4.69) is 16.8 Å². The van der Waals surface area contributed by atoms with Crippen LogP contribution in [-0.4, -0.2) is 57.2 Å². The Morgan fingerprint density at radius 1 is 1.54 bits per heavy atom. The van der Waals surface area contributed by atoms with Crippen molar-refractivity contribution in [2.24, 2.45) is 0 Å². The number of hydrogen-bond donors (Lipinski definition) is 4. The van der Waals surface area contributed by atoms with Gasteiger partial charge in [0.1, 0.15) is 18.1 Å². The average Bonchev–Trinajstić information content (AvgIpc) is 2.92. The number of carbonyl (C=O) groups excluding carboxylic acids is 1. The fourth-order valence-corrected chi connectivity index (χ4v) is 2.20. The molecule has 1 amide bonds. The quantitative estimate of drug-likeness (QED) is 0.471. The van der Waals surface area contributed by atoms with Crippen molar-refractivity contribution in [3.8, 4) is 11.8 Å². The monoisotopic (exact) mass is 376 g/mol. The van der Waals surface area contributed by atoms with E-state index in [-0.39, 0.29) is 17.8 Å². The minimum atomic E-state index is -5.01. The third-order valence-electron chi connectivity index (χ3n) is 3.49. The number of nitrogen functional groups attached to an aromatic ring is 1. The highest BCUT2D eigenvalue weighted by Crippen LogP contribution is 2.27. The Morgan fingerprint density at radius 2 is 2.23 bits per heavy atom. The van der Waals surface area contributed by atoms with Crippen LogP contribution in [-0.2, 0) is 9.53 Å². The van der Waals surface area contributed by atoms with Gasteiger partial charge in [-0.2, -0.15) is 18.2 Å². The SMILES string of the molecule is Nc1nc(=O)n(C2CC(O)C(CO)O2)cc1C#CCNC(=O)C(F)(F)F. The van der Waals surface area contributed by atoms with Gasteiger partial charge in [0.15, 0.2) is 0 Å². The molecule has 3 atom stereocenters. The summed E-state index contributed by atoms with van der Waals surface area (Å²) in [6.45, 7) is -1.04. The second-order valence-corrected chi connectivity index (χ2v) is 5.33. The van der Waals surface area contributed by atoms with Crippen molar-refractivity contribution in [2.45, 2.75) is 31.0 Å². The third kappa shape index (κ3) is 4.51. The summed E-state index contributed by atoms with van der Waals surface area (Å²) in [6.07, 6.45) is -6.57. The fourth-order valence-electron chi connectivity index (χ4n) is 2.20. The molecule has 1 aromatic heterocycles. The van der Waals surface area contributed by atoms with Crippen LogP contribution in [0.2, 0.25) is 0 Å². The number of anilines is 1. The van der Waals surface area contributed by atoms with E-state index in [0.717, 1.165) is 4.57 Å². The van der Waals surface area contributed by atoms with Gasteiger partial charge in [0.25, 0.3) is 0 Å². The Balaban J connectivity index is 2.15. The molecule has 5 N–H and O–H groups in total. The molecule has 26 heavy (non-hydrogen) atoms. The summed E-state index contributed by atoms with van der Waals surface area (Å²) in [7, 11) is 0. The molecule has 1 fully saturated rings. The highest BCUT2D eigenvalue weighted by Gasteiger charge is 2.38. The molecule has 1 aromatic rings. The number of ether oxygens (including phenoxy) is 1. The minimum Gasteiger partial charge on any atom is -0.394 e. The van der Waals surface area contributed by atoms with Crippen LogP contribution >= 0.6 is 0 Å². The molecular weight excluding hydrogens is 361 g/mol. The van der Waals surface area contributed by atoms with Gasteiger partial charge < -0.3 is 26.0 Å². The number of halogens is 3. The zero-order chi connectivity index (χ0) is 19.5. The average molecular weight is 376 g/mol. The number of hydrogen-bond acceptors (Lipinski definition) is 7. The smallest absolute Gasteiger partial charge is 0.394 e. The Labute approximate surface area is 144 Å². The summed E-state index contributed by atoms with van der Waals surface area (Å²) < 4.78 is 42.5. The maximum Gasteiger partial charge on any atom is 0.471 e. The van der Waals surface area contributed by atoms with Gasteiger partial charge in [-0.05, 0) is 0 Å². The summed E-state index contributed by atoms with van der Waals surface area (Å²) in [5.41, 5.74) is 4.80. The lowest BCUT2D eigenvalue weighted by Gasteiger charge is -2.15. The molecule has 0 aromatic carbocycles. The van der Waals surface area contributed by atoms with Crippen LogP contribution in [0.4, 0.5) is 19.0 Å². The maximum atomic E-state index is 12.0. The molecule has 2 heterocycles. The largest absolute Gasteiger partial charge is 0.471 e. The van der Waals surface area contributed by atoms with Gasteiger partial charge in [0, 0.05) is 12.6 Å². The first kappa shape index (κ1) is 19.7. The fraction of sp³-hybridized carbons (Fsp3) is 0.500. The number of aromatic nitrogens is 2. The number of nitrogens with two attached hydrogens (primary N) is 1. The number of nitrogens with zero attached hydrogens (tertiary/aromatic N) is 2. The zero-order valence-corrected chi connectivity index (χ0v) is 13.2. The van der Waals surface area contributed by atoms with E-state index in [1.807, 2.05) is 0 Å². The first-order valence-corrected chi connectivity index (χ1v) is 7.30. The summed E-state index contributed by atoms with van der Waals surface area (Å²) in [5.74, 6) is 2.28. The maximum absolute atomic E-state index is 12.0. The van der Waals surface area contributed by atoms with Crippen LogP contribution in [0.15, 0.2) is 11.0 Å². The topological polar surface area (TPSA) is 140 Å². The van der Waals surface area contributed by atoms with Gasteiger partial charge in [-0.25, -0.2) is 4.79 Å². The number of rotatable bonds is 3. The van der Waals surface area contributed by atoms with E-state index in [1.54, 1.807) is 5.32 Å². The van der Waals surface area contributed by atoms with Crippen LogP contribution in [0.5, 0.6) is 0 Å². The van der Waals surface area contributed by atoms with Crippen molar-refractivity contribution in [3.63, 3.8) is 0 Å². The lowest BCUT2D eigenvalue weighted by molar-refractivity contribution is -0.173. The van der Waals surface area contributed by atoms with Gasteiger partial charge in [-0.3, -0.25) is 9.36 Å². The zero-order valence-electron chi connectivity index (χ0n) is 13.2. The number of alkyl halides is 3. The summed E-state index contributed by atoms with van der Waals surface area (Å²) in [4.78, 5) is 26.1. The Morgan fingerprint density at radius 3 is 2.81 bits per heavy atom. The molecule has 1 aliphatic heterocycles. The molecule has 3 unspecified atom stereocenters. The third-order valence-corrected chi connectivity index (χ3v) is 3.49. The molecule has 0 saturated carbocycles. The molecule has 2 rings (SSSR count). The summed E-state index contributed by atoms with van der Waals surface area (Å²) >= 11 is 0. The lowest BCUT2D eigenvalue weighted by atomic mass is 10.2. The van der Waals surface area contributed by atoms with E-state index in [0.29, 0.717) is 0 Å². The van der Waals surface area contributed by atoms with E-state index in [1.165, 1.54) is 6.20 Å². The van der Waals surface area contributed by atoms with Crippen molar-refractivity contribution < 1.29 is 32.9 Å². The van der Waals surface area contributed by atoms with Crippen molar-refractivity contribution in [3.05, 3.63) is 22.2 Å². The van der Waals surface area contributed by atoms with Crippen LogP contribution in [0.3, 0.4) is 0 Å². The highest BCUT2D eigenvalue weighted by molar-refractivity contribution is 5.81. The standard InChI is InChI=1S/C14H15F3N4O5/c15-14(16,17)12(24)19-3-1-2-7-5-21(13(25)20-11(7)18)10-4-8(23)9(6-22)26-10/h5,8-10,22-23H,3-4,6H2,(H,19,24)(H2,18,20,25). The van der Waals surface area contributed by atoms with Gasteiger partial charge in [0.05, 0.1) is 24.8 Å². The molecule has 142 valence electrons. The molecule has 0 spiro atoms. The van der Waals surface area contributed by atoms with Crippen molar-refractivity contribution in [1.82, 2.24) is 14.9 Å². The van der Waals surface area contributed by atoms with Crippen LogP contribution in [0, 0.1) is 11.8 Å². The van der Waals surface area contributed by atoms with Crippen molar-refractivity contribution in [2.75, 3.05) is 18.9 Å². The molecule has 1 saturated heterocycles. The normalized spacial score (nSPS) is 22.6. The van der Waals surface area contributed by atoms with Gasteiger partial charge in [-0.15, -0.1) is 0 Å². The number of aliphatic hydroxyl groups excluding tert-OH is 2. The molecule has 0 bridgehead atoms. The minimum absolute atomic E-state index is 0.0191. The second kappa shape index (κ2) is 7.73. The molecule has 0 radical (unpaired) electrons. The molecule has 12 heteroatoms. The second-order valence-electron chi connectivity index (χ2n) is 5.33. The molecule has 0 aliphatic carbocycles. The first-order valence-electron chi connectivity index (χ1n) is 7.30. The van der Waals surface area contributed by atoms with Gasteiger partial charge in [-0.1, -0.05) is 11.8 Å². The van der Waals surface area contributed by atoms with Crippen LogP contribution in [0.1, 0.15) is 18.2 Å². The van der Waals surface area contributed by atoms with E-state index in [4.69, 9.17) is 15.6 Å². The van der Waals surface area contributed by atoms with E-state index >= 15 is 0 Å².